The molecule has 3 aromatic rings. The van der Waals surface area contributed by atoms with Gasteiger partial charge in [-0.3, -0.25) is 9.56 Å². The molecule has 148 valence electrons. The molecule has 0 radical (unpaired) electrons. The fourth-order valence-corrected chi connectivity index (χ4v) is 2.71. The number of halogens is 2. The third-order valence-electron chi connectivity index (χ3n) is 4.16. The number of rotatable bonds is 6. The van der Waals surface area contributed by atoms with Crippen molar-refractivity contribution in [2.45, 2.75) is 19.9 Å². The Morgan fingerprint density at radius 2 is 2.00 bits per heavy atom. The maximum atomic E-state index is 13.2. The summed E-state index contributed by atoms with van der Waals surface area (Å²) in [6, 6.07) is 10.6. The van der Waals surface area contributed by atoms with Gasteiger partial charge in [0.1, 0.15) is 17.5 Å². The van der Waals surface area contributed by atoms with Gasteiger partial charge in [-0.25, -0.2) is 14.4 Å². The Morgan fingerprint density at radius 1 is 1.14 bits per heavy atom. The third-order valence-corrected chi connectivity index (χ3v) is 4.16. The maximum Gasteiger partial charge on any atom is 0.191 e. The number of guanidine groups is 1. The van der Waals surface area contributed by atoms with Gasteiger partial charge in [0.05, 0.1) is 0 Å². The Labute approximate surface area is 181 Å². The van der Waals surface area contributed by atoms with Crippen LogP contribution >= 0.6 is 24.0 Å². The summed E-state index contributed by atoms with van der Waals surface area (Å²) >= 11 is 0. The van der Waals surface area contributed by atoms with Crippen molar-refractivity contribution < 1.29 is 4.39 Å². The summed E-state index contributed by atoms with van der Waals surface area (Å²) in [4.78, 5) is 12.9. The molecule has 0 aliphatic rings. The maximum absolute atomic E-state index is 13.2. The summed E-state index contributed by atoms with van der Waals surface area (Å²) in [6.07, 6.45) is 6.20. The van der Waals surface area contributed by atoms with Gasteiger partial charge in [-0.15, -0.1) is 24.0 Å². The number of aromatic nitrogens is 3. The average Bonchev–Trinajstić information content (AvgIpc) is 3.11. The van der Waals surface area contributed by atoms with Gasteiger partial charge in [0, 0.05) is 38.7 Å². The standard InChI is InChI=1S/C20H23FN6.HI/c1-15-23-10-11-27(15)19-7-6-17(13-25-19)14-26-20(22-2)24-9-8-16-4-3-5-18(21)12-16;/h3-7,10-13H,8-9,14H2,1-2H3,(H2,22,24,26);1H. The molecular weight excluding hydrogens is 470 g/mol. The predicted molar refractivity (Wildman–Crippen MR) is 120 cm³/mol. The van der Waals surface area contributed by atoms with Crippen LogP contribution in [-0.4, -0.2) is 34.1 Å². The molecule has 0 saturated carbocycles. The topological polar surface area (TPSA) is 67.1 Å². The highest BCUT2D eigenvalue weighted by atomic mass is 127. The molecule has 0 aliphatic heterocycles. The van der Waals surface area contributed by atoms with E-state index in [0.717, 1.165) is 29.2 Å². The monoisotopic (exact) mass is 494 g/mol. The van der Waals surface area contributed by atoms with Crippen LogP contribution in [0.5, 0.6) is 0 Å². The second-order valence-electron chi connectivity index (χ2n) is 6.10. The molecule has 6 nitrogen and oxygen atoms in total. The van der Waals surface area contributed by atoms with Crippen molar-refractivity contribution in [3.8, 4) is 5.82 Å². The zero-order valence-corrected chi connectivity index (χ0v) is 18.2. The largest absolute Gasteiger partial charge is 0.356 e. The Hall–Kier alpha value is -2.49. The number of aryl methyl sites for hydroxylation is 1. The third kappa shape index (κ3) is 6.01. The average molecular weight is 494 g/mol. The smallest absolute Gasteiger partial charge is 0.191 e. The Balaban J connectivity index is 0.00000280. The van der Waals surface area contributed by atoms with Crippen molar-refractivity contribution in [2.75, 3.05) is 13.6 Å². The number of hydrogen-bond donors (Lipinski definition) is 2. The molecule has 0 spiro atoms. The molecule has 0 atom stereocenters. The zero-order chi connectivity index (χ0) is 19.1. The fourth-order valence-electron chi connectivity index (χ4n) is 2.71. The first-order chi connectivity index (χ1) is 13.2. The summed E-state index contributed by atoms with van der Waals surface area (Å²) < 4.78 is 15.1. The summed E-state index contributed by atoms with van der Waals surface area (Å²) in [5.74, 6) is 2.22. The number of hydrogen-bond acceptors (Lipinski definition) is 3. The first-order valence-electron chi connectivity index (χ1n) is 8.80. The highest BCUT2D eigenvalue weighted by Crippen LogP contribution is 2.08. The number of aliphatic imine (C=N–C) groups is 1. The van der Waals surface area contributed by atoms with Crippen LogP contribution in [0.1, 0.15) is 17.0 Å². The van der Waals surface area contributed by atoms with Crippen molar-refractivity contribution in [3.05, 3.63) is 77.8 Å². The van der Waals surface area contributed by atoms with E-state index in [2.05, 4.69) is 25.6 Å². The van der Waals surface area contributed by atoms with E-state index in [1.54, 1.807) is 25.4 Å². The van der Waals surface area contributed by atoms with E-state index >= 15 is 0 Å². The lowest BCUT2D eigenvalue weighted by Crippen LogP contribution is -2.37. The lowest BCUT2D eigenvalue weighted by molar-refractivity contribution is 0.625. The highest BCUT2D eigenvalue weighted by molar-refractivity contribution is 14.0. The molecule has 2 N–H and O–H groups in total. The van der Waals surface area contributed by atoms with Crippen LogP contribution in [0.4, 0.5) is 4.39 Å². The van der Waals surface area contributed by atoms with Crippen molar-refractivity contribution in [3.63, 3.8) is 0 Å². The minimum absolute atomic E-state index is 0. The van der Waals surface area contributed by atoms with Crippen molar-refractivity contribution in [1.82, 2.24) is 25.2 Å². The number of nitrogens with one attached hydrogen (secondary N) is 2. The van der Waals surface area contributed by atoms with Crippen molar-refractivity contribution in [1.29, 1.82) is 0 Å². The van der Waals surface area contributed by atoms with Crippen LogP contribution in [0.25, 0.3) is 5.82 Å². The molecular formula is C20H24FIN6. The summed E-state index contributed by atoms with van der Waals surface area (Å²) in [6.45, 7) is 3.21. The Bertz CT molecular complexity index is 907. The van der Waals surface area contributed by atoms with Gasteiger partial charge in [0.25, 0.3) is 0 Å². The number of nitrogens with zero attached hydrogens (tertiary/aromatic N) is 4. The van der Waals surface area contributed by atoms with E-state index in [1.807, 2.05) is 42.1 Å². The first-order valence-corrected chi connectivity index (χ1v) is 8.80. The second kappa shape index (κ2) is 10.7. The number of imidazole rings is 1. The molecule has 2 heterocycles. The van der Waals surface area contributed by atoms with Crippen molar-refractivity contribution >= 4 is 29.9 Å². The molecule has 2 aromatic heterocycles. The SMILES string of the molecule is CN=C(NCCc1cccc(F)c1)NCc1ccc(-n2ccnc2C)nc1.I. The molecule has 8 heteroatoms. The van der Waals surface area contributed by atoms with Gasteiger partial charge in [-0.05, 0) is 42.7 Å². The van der Waals surface area contributed by atoms with Gasteiger partial charge in [-0.2, -0.15) is 0 Å². The Morgan fingerprint density at radius 3 is 2.64 bits per heavy atom. The zero-order valence-electron chi connectivity index (χ0n) is 15.9. The quantitative estimate of drug-likeness (QED) is 0.314. The summed E-state index contributed by atoms with van der Waals surface area (Å²) in [7, 11) is 1.72. The molecule has 0 bridgehead atoms. The molecule has 3 rings (SSSR count). The van der Waals surface area contributed by atoms with E-state index in [4.69, 9.17) is 0 Å². The lowest BCUT2D eigenvalue weighted by Gasteiger charge is -2.12. The normalized spacial score (nSPS) is 11.0. The van der Waals surface area contributed by atoms with Crippen molar-refractivity contribution in [2.24, 2.45) is 4.99 Å². The summed E-state index contributed by atoms with van der Waals surface area (Å²) in [5.41, 5.74) is 2.00. The molecule has 0 unspecified atom stereocenters. The minimum Gasteiger partial charge on any atom is -0.356 e. The molecule has 0 saturated heterocycles. The summed E-state index contributed by atoms with van der Waals surface area (Å²) in [5, 5.41) is 6.49. The van der Waals surface area contributed by atoms with E-state index in [1.165, 1.54) is 6.07 Å². The van der Waals surface area contributed by atoms with Crippen LogP contribution in [-0.2, 0) is 13.0 Å². The van der Waals surface area contributed by atoms with Crippen LogP contribution < -0.4 is 10.6 Å². The van der Waals surface area contributed by atoms with Crippen LogP contribution in [0, 0.1) is 12.7 Å². The van der Waals surface area contributed by atoms with Crippen LogP contribution in [0.15, 0.2) is 60.0 Å². The first kappa shape index (κ1) is 21.8. The molecule has 28 heavy (non-hydrogen) atoms. The fraction of sp³-hybridized carbons (Fsp3) is 0.250. The van der Waals surface area contributed by atoms with Crippen LogP contribution in [0.2, 0.25) is 0 Å². The Kier molecular flexibility index (Phi) is 8.37. The van der Waals surface area contributed by atoms with E-state index < -0.39 is 0 Å². The molecule has 0 amide bonds. The van der Waals surface area contributed by atoms with Gasteiger partial charge >= 0.3 is 0 Å². The van der Waals surface area contributed by atoms with E-state index in [9.17, 15) is 4.39 Å². The molecule has 0 aliphatic carbocycles. The van der Waals surface area contributed by atoms with Gasteiger partial charge in [-0.1, -0.05) is 18.2 Å². The number of benzene rings is 1. The highest BCUT2D eigenvalue weighted by Gasteiger charge is 2.03. The van der Waals surface area contributed by atoms with Crippen LogP contribution in [0.3, 0.4) is 0 Å². The minimum atomic E-state index is -0.211. The number of pyridine rings is 1. The second-order valence-corrected chi connectivity index (χ2v) is 6.10. The van der Waals surface area contributed by atoms with Gasteiger partial charge in [0.15, 0.2) is 5.96 Å². The molecule has 0 fully saturated rings. The lowest BCUT2D eigenvalue weighted by atomic mass is 10.1. The van der Waals surface area contributed by atoms with Gasteiger partial charge in [0.2, 0.25) is 0 Å². The predicted octanol–water partition coefficient (Wildman–Crippen LogP) is 3.24. The molecule has 1 aromatic carbocycles. The van der Waals surface area contributed by atoms with E-state index in [0.29, 0.717) is 19.0 Å². The van der Waals surface area contributed by atoms with E-state index in [-0.39, 0.29) is 29.8 Å². The van der Waals surface area contributed by atoms with Gasteiger partial charge < -0.3 is 10.6 Å².